The summed E-state index contributed by atoms with van der Waals surface area (Å²) in [4.78, 5) is 3.72. The van der Waals surface area contributed by atoms with Gasteiger partial charge in [-0.3, -0.25) is 4.98 Å². The fraction of sp³-hybridized carbons (Fsp3) is 0.125. The normalized spacial score (nSPS) is 13.7. The summed E-state index contributed by atoms with van der Waals surface area (Å²) in [6.07, 6.45) is -2.26. The van der Waals surface area contributed by atoms with Crippen LogP contribution in [0.1, 0.15) is 16.8 Å². The number of nitriles is 1. The smallest absolute Gasteiger partial charge is 0.417 e. The number of fused-ring (bicyclic) bond motifs is 1. The molecule has 0 radical (unpaired) electrons. The second kappa shape index (κ2) is 5.65. The Morgan fingerprint density at radius 2 is 2.04 bits per heavy atom. The number of ether oxygens (including phenoxy) is 2. The number of benzene rings is 1. The maximum absolute atomic E-state index is 12.5. The van der Waals surface area contributed by atoms with Crippen LogP contribution in [-0.4, -0.2) is 11.8 Å². The highest BCUT2D eigenvalue weighted by molar-refractivity contribution is 5.89. The van der Waals surface area contributed by atoms with E-state index in [1.807, 2.05) is 6.07 Å². The van der Waals surface area contributed by atoms with Gasteiger partial charge in [-0.2, -0.15) is 18.4 Å². The van der Waals surface area contributed by atoms with Crippen LogP contribution in [0.4, 0.5) is 13.2 Å². The minimum atomic E-state index is -4.46. The van der Waals surface area contributed by atoms with Gasteiger partial charge in [-0.05, 0) is 24.3 Å². The molecule has 0 unspecified atom stereocenters. The van der Waals surface area contributed by atoms with E-state index in [2.05, 4.69) is 4.98 Å². The number of alkyl halides is 3. The molecule has 1 aliphatic heterocycles. The summed E-state index contributed by atoms with van der Waals surface area (Å²) in [7, 11) is 0. The van der Waals surface area contributed by atoms with Crippen LogP contribution >= 0.6 is 0 Å². The molecule has 0 spiro atoms. The Labute approximate surface area is 129 Å². The number of allylic oxidation sites excluding steroid dienone is 1. The van der Waals surface area contributed by atoms with Gasteiger partial charge in [0.1, 0.15) is 6.07 Å². The summed E-state index contributed by atoms with van der Waals surface area (Å²) in [5.41, 5.74) is 0.00812. The van der Waals surface area contributed by atoms with Gasteiger partial charge in [-0.25, -0.2) is 0 Å². The molecule has 7 heteroatoms. The maximum Gasteiger partial charge on any atom is 0.417 e. The van der Waals surface area contributed by atoms with Crippen molar-refractivity contribution in [1.29, 1.82) is 5.26 Å². The number of pyridine rings is 1. The molecule has 1 aromatic heterocycles. The van der Waals surface area contributed by atoms with Crippen molar-refractivity contribution in [2.24, 2.45) is 0 Å². The van der Waals surface area contributed by atoms with Crippen LogP contribution < -0.4 is 9.47 Å². The van der Waals surface area contributed by atoms with E-state index in [1.54, 1.807) is 18.2 Å². The molecule has 0 N–H and O–H groups in total. The van der Waals surface area contributed by atoms with Crippen LogP contribution in [0, 0.1) is 11.3 Å². The van der Waals surface area contributed by atoms with E-state index < -0.39 is 11.7 Å². The average molecular weight is 318 g/mol. The van der Waals surface area contributed by atoms with Crippen molar-refractivity contribution in [1.82, 2.24) is 4.98 Å². The monoisotopic (exact) mass is 318 g/mol. The lowest BCUT2D eigenvalue weighted by atomic mass is 10.1. The molecule has 0 amide bonds. The topological polar surface area (TPSA) is 55.1 Å². The number of para-hydroxylation sites is 1. The summed E-state index contributed by atoms with van der Waals surface area (Å²) in [6, 6.07) is 9.17. The molecular weight excluding hydrogens is 309 g/mol. The van der Waals surface area contributed by atoms with Crippen molar-refractivity contribution in [3.8, 4) is 17.6 Å². The molecule has 0 bridgehead atoms. The zero-order valence-corrected chi connectivity index (χ0v) is 11.6. The Hall–Kier alpha value is -3.01. The lowest BCUT2D eigenvalue weighted by molar-refractivity contribution is -0.137. The van der Waals surface area contributed by atoms with Gasteiger partial charge >= 0.3 is 6.18 Å². The van der Waals surface area contributed by atoms with E-state index in [1.165, 1.54) is 12.1 Å². The molecule has 116 valence electrons. The second-order valence-electron chi connectivity index (χ2n) is 4.68. The van der Waals surface area contributed by atoms with Gasteiger partial charge in [0.05, 0.1) is 16.8 Å². The number of rotatable bonds is 2. The minimum Gasteiger partial charge on any atom is -0.454 e. The van der Waals surface area contributed by atoms with Gasteiger partial charge in [0.25, 0.3) is 0 Å². The van der Waals surface area contributed by atoms with Gasteiger partial charge in [0, 0.05) is 11.8 Å². The van der Waals surface area contributed by atoms with Gasteiger partial charge in [-0.1, -0.05) is 12.1 Å². The molecule has 0 saturated carbocycles. The van der Waals surface area contributed by atoms with Crippen LogP contribution in [0.2, 0.25) is 0 Å². The Bertz CT molecular complexity index is 806. The first-order valence-electron chi connectivity index (χ1n) is 6.53. The summed E-state index contributed by atoms with van der Waals surface area (Å²) in [5, 5.41) is 9.27. The number of nitrogens with zero attached hydrogens (tertiary/aromatic N) is 2. The van der Waals surface area contributed by atoms with Gasteiger partial charge in [-0.15, -0.1) is 0 Å². The van der Waals surface area contributed by atoms with E-state index in [4.69, 9.17) is 9.47 Å². The van der Waals surface area contributed by atoms with E-state index in [0.29, 0.717) is 23.3 Å². The molecule has 2 heterocycles. The standard InChI is InChI=1S/C16H9F3N2O2/c17-16(18,19)12-4-5-13(21-8-12)11(7-20)6-10-2-1-3-14-15(10)23-9-22-14/h1-6,8H,9H2/b11-6-. The molecule has 0 fully saturated rings. The van der Waals surface area contributed by atoms with Gasteiger partial charge < -0.3 is 9.47 Å². The van der Waals surface area contributed by atoms with Crippen molar-refractivity contribution >= 4 is 11.6 Å². The predicted molar refractivity (Wildman–Crippen MR) is 75.3 cm³/mol. The molecule has 3 rings (SSSR count). The van der Waals surface area contributed by atoms with Crippen LogP contribution in [-0.2, 0) is 6.18 Å². The molecule has 2 aromatic rings. The molecule has 1 aliphatic rings. The molecule has 1 aromatic carbocycles. The predicted octanol–water partition coefficient (Wildman–Crippen LogP) is 3.89. The average Bonchev–Trinajstić information content (AvgIpc) is 3.01. The Morgan fingerprint density at radius 3 is 2.70 bits per heavy atom. The molecule has 0 atom stereocenters. The van der Waals surface area contributed by atoms with Gasteiger partial charge in [0.2, 0.25) is 6.79 Å². The summed E-state index contributed by atoms with van der Waals surface area (Å²) in [5.74, 6) is 1.04. The third-order valence-corrected chi connectivity index (χ3v) is 3.21. The molecule has 0 saturated heterocycles. The van der Waals surface area contributed by atoms with Crippen molar-refractivity contribution in [3.05, 3.63) is 53.3 Å². The quantitative estimate of drug-likeness (QED) is 0.788. The SMILES string of the molecule is N#C/C(=C/c1cccc2c1OCO2)c1ccc(C(F)(F)F)cn1. The largest absolute Gasteiger partial charge is 0.454 e. The lowest BCUT2D eigenvalue weighted by Crippen LogP contribution is -2.05. The third kappa shape index (κ3) is 2.97. The first-order valence-corrected chi connectivity index (χ1v) is 6.53. The fourth-order valence-corrected chi connectivity index (χ4v) is 2.11. The van der Waals surface area contributed by atoms with Crippen LogP contribution in [0.15, 0.2) is 36.5 Å². The highest BCUT2D eigenvalue weighted by atomic mass is 19.4. The first-order chi connectivity index (χ1) is 11.0. The fourth-order valence-electron chi connectivity index (χ4n) is 2.11. The Kier molecular flexibility index (Phi) is 3.66. The summed E-state index contributed by atoms with van der Waals surface area (Å²) < 4.78 is 48.2. The van der Waals surface area contributed by atoms with Crippen molar-refractivity contribution in [2.45, 2.75) is 6.18 Å². The summed E-state index contributed by atoms with van der Waals surface area (Å²) >= 11 is 0. The lowest BCUT2D eigenvalue weighted by Gasteiger charge is -2.07. The maximum atomic E-state index is 12.5. The van der Waals surface area contributed by atoms with Crippen molar-refractivity contribution < 1.29 is 22.6 Å². The summed E-state index contributed by atoms with van der Waals surface area (Å²) in [6.45, 7) is 0.0839. The first kappa shape index (κ1) is 14.9. The second-order valence-corrected chi connectivity index (χ2v) is 4.68. The number of aromatic nitrogens is 1. The minimum absolute atomic E-state index is 0.0839. The van der Waals surface area contributed by atoms with E-state index in [9.17, 15) is 18.4 Å². The van der Waals surface area contributed by atoms with E-state index in [-0.39, 0.29) is 18.1 Å². The van der Waals surface area contributed by atoms with Crippen molar-refractivity contribution in [3.63, 3.8) is 0 Å². The molecular formula is C16H9F3N2O2. The van der Waals surface area contributed by atoms with E-state index >= 15 is 0 Å². The third-order valence-electron chi connectivity index (χ3n) is 3.21. The van der Waals surface area contributed by atoms with Crippen LogP contribution in [0.25, 0.3) is 11.6 Å². The molecule has 23 heavy (non-hydrogen) atoms. The van der Waals surface area contributed by atoms with Crippen LogP contribution in [0.5, 0.6) is 11.5 Å². The molecule has 0 aliphatic carbocycles. The van der Waals surface area contributed by atoms with Crippen molar-refractivity contribution in [2.75, 3.05) is 6.79 Å². The number of hydrogen-bond acceptors (Lipinski definition) is 4. The zero-order valence-electron chi connectivity index (χ0n) is 11.6. The Balaban J connectivity index is 1.98. The van der Waals surface area contributed by atoms with Gasteiger partial charge in [0.15, 0.2) is 11.5 Å². The zero-order chi connectivity index (χ0) is 16.4. The highest BCUT2D eigenvalue weighted by Crippen LogP contribution is 2.37. The Morgan fingerprint density at radius 1 is 1.22 bits per heavy atom. The van der Waals surface area contributed by atoms with E-state index in [0.717, 1.165) is 6.07 Å². The number of hydrogen-bond donors (Lipinski definition) is 0. The molecule has 4 nitrogen and oxygen atoms in total. The number of halogens is 3. The van der Waals surface area contributed by atoms with Crippen LogP contribution in [0.3, 0.4) is 0 Å². The highest BCUT2D eigenvalue weighted by Gasteiger charge is 2.30.